The van der Waals surface area contributed by atoms with E-state index < -0.39 is 6.43 Å². The number of fused-ring (bicyclic) bond motifs is 1. The largest absolute Gasteiger partial charge is 0.350 e. The molecule has 0 aromatic carbocycles. The number of halogens is 3. The number of anilines is 1. The molecule has 0 aliphatic rings. The second-order valence-corrected chi connectivity index (χ2v) is 4.90. The minimum atomic E-state index is -2.41. The van der Waals surface area contributed by atoms with Gasteiger partial charge < -0.3 is 4.90 Å². The van der Waals surface area contributed by atoms with Crippen LogP contribution in [0.15, 0.2) is 10.9 Å². The minimum Gasteiger partial charge on any atom is -0.350 e. The van der Waals surface area contributed by atoms with Gasteiger partial charge in [0.25, 0.3) is 6.43 Å². The van der Waals surface area contributed by atoms with E-state index in [9.17, 15) is 8.78 Å². The first kappa shape index (κ1) is 14.1. The maximum Gasteiger partial charge on any atom is 0.255 e. The quantitative estimate of drug-likeness (QED) is 0.843. The Morgan fingerprint density at radius 3 is 2.79 bits per heavy atom. The number of hydrogen-bond acceptors (Lipinski definition) is 4. The molecule has 19 heavy (non-hydrogen) atoms. The first-order valence-electron chi connectivity index (χ1n) is 5.90. The maximum atomic E-state index is 12.7. The van der Waals surface area contributed by atoms with Gasteiger partial charge >= 0.3 is 0 Å². The van der Waals surface area contributed by atoms with Crippen molar-refractivity contribution in [3.8, 4) is 0 Å². The zero-order chi connectivity index (χ0) is 14.0. The molecule has 8 heteroatoms. The second kappa shape index (κ2) is 5.77. The monoisotopic (exact) mass is 333 g/mol. The van der Waals surface area contributed by atoms with Crippen LogP contribution >= 0.6 is 15.9 Å². The third-order valence-electron chi connectivity index (χ3n) is 2.71. The zero-order valence-electron chi connectivity index (χ0n) is 10.6. The topological polar surface area (TPSA) is 46.8 Å². The molecule has 2 rings (SSSR count). The summed E-state index contributed by atoms with van der Waals surface area (Å²) >= 11 is 3.33. The van der Waals surface area contributed by atoms with Gasteiger partial charge in [-0.2, -0.15) is 5.10 Å². The summed E-state index contributed by atoms with van der Waals surface area (Å²) in [5.41, 5.74) is 0.618. The lowest BCUT2D eigenvalue weighted by Crippen LogP contribution is -2.30. The van der Waals surface area contributed by atoms with Crippen LogP contribution in [0.3, 0.4) is 0 Å². The van der Waals surface area contributed by atoms with Gasteiger partial charge in [0.1, 0.15) is 16.7 Å². The average Bonchev–Trinajstić information content (AvgIpc) is 2.64. The molecule has 0 aliphatic carbocycles. The Balaban J connectivity index is 2.52. The number of alkyl halides is 2. The number of aromatic nitrogens is 4. The predicted molar refractivity (Wildman–Crippen MR) is 72.5 cm³/mol. The van der Waals surface area contributed by atoms with E-state index in [0.717, 1.165) is 6.42 Å². The molecule has 5 nitrogen and oxygen atoms in total. The molecule has 104 valence electrons. The number of aryl methyl sites for hydroxylation is 1. The SMILES string of the molecule is CCCN(CC(F)F)c1ncnc2c1c(Br)nn2C. The molecular formula is C11H14BrF2N5. The Bertz CT molecular complexity index is 571. The van der Waals surface area contributed by atoms with Gasteiger partial charge in [0, 0.05) is 13.6 Å². The summed E-state index contributed by atoms with van der Waals surface area (Å²) in [7, 11) is 1.75. The van der Waals surface area contributed by atoms with E-state index in [-0.39, 0.29) is 6.54 Å². The molecule has 0 spiro atoms. The van der Waals surface area contributed by atoms with Crippen molar-refractivity contribution in [3.63, 3.8) is 0 Å². The highest BCUT2D eigenvalue weighted by molar-refractivity contribution is 9.10. The Hall–Kier alpha value is -1.31. The van der Waals surface area contributed by atoms with Crippen LogP contribution in [0.25, 0.3) is 11.0 Å². The van der Waals surface area contributed by atoms with Gasteiger partial charge in [-0.3, -0.25) is 0 Å². The van der Waals surface area contributed by atoms with Crippen LogP contribution in [0.4, 0.5) is 14.6 Å². The van der Waals surface area contributed by atoms with Crippen molar-refractivity contribution in [2.75, 3.05) is 18.0 Å². The molecule has 0 amide bonds. The molecule has 2 aromatic heterocycles. The second-order valence-electron chi connectivity index (χ2n) is 4.15. The summed E-state index contributed by atoms with van der Waals surface area (Å²) in [6, 6.07) is 0. The highest BCUT2D eigenvalue weighted by atomic mass is 79.9. The molecule has 0 N–H and O–H groups in total. The van der Waals surface area contributed by atoms with Crippen LogP contribution in [0.2, 0.25) is 0 Å². The fraction of sp³-hybridized carbons (Fsp3) is 0.545. The van der Waals surface area contributed by atoms with E-state index >= 15 is 0 Å². The lowest BCUT2D eigenvalue weighted by atomic mass is 10.3. The molecule has 2 aromatic rings. The molecule has 0 unspecified atom stereocenters. The highest BCUT2D eigenvalue weighted by Gasteiger charge is 2.20. The van der Waals surface area contributed by atoms with Crippen molar-refractivity contribution < 1.29 is 8.78 Å². The molecule has 0 fully saturated rings. The molecule has 0 saturated heterocycles. The molecule has 2 heterocycles. The smallest absolute Gasteiger partial charge is 0.255 e. The van der Waals surface area contributed by atoms with E-state index in [0.29, 0.717) is 28.0 Å². The van der Waals surface area contributed by atoms with Gasteiger partial charge in [-0.25, -0.2) is 23.4 Å². The van der Waals surface area contributed by atoms with E-state index in [1.165, 1.54) is 6.33 Å². The van der Waals surface area contributed by atoms with Crippen LogP contribution in [-0.2, 0) is 7.05 Å². The summed E-state index contributed by atoms with van der Waals surface area (Å²) in [6.07, 6.45) is -0.275. The third kappa shape index (κ3) is 2.83. The summed E-state index contributed by atoms with van der Waals surface area (Å²) in [5.74, 6) is 0.493. The number of rotatable bonds is 5. The Labute approximate surface area is 117 Å². The Kier molecular flexibility index (Phi) is 4.28. The van der Waals surface area contributed by atoms with Crippen LogP contribution in [0.1, 0.15) is 13.3 Å². The maximum absolute atomic E-state index is 12.7. The highest BCUT2D eigenvalue weighted by Crippen LogP contribution is 2.29. The van der Waals surface area contributed by atoms with Crippen LogP contribution in [0, 0.1) is 0 Å². The number of nitrogens with zero attached hydrogens (tertiary/aromatic N) is 5. The van der Waals surface area contributed by atoms with E-state index in [4.69, 9.17) is 0 Å². The molecule has 0 saturated carbocycles. The first-order chi connectivity index (χ1) is 9.04. The number of hydrogen-bond donors (Lipinski definition) is 0. The normalized spacial score (nSPS) is 11.5. The average molecular weight is 334 g/mol. The van der Waals surface area contributed by atoms with Gasteiger partial charge in [0.2, 0.25) is 0 Å². The van der Waals surface area contributed by atoms with Gasteiger partial charge in [0.15, 0.2) is 5.65 Å². The molecule has 0 radical (unpaired) electrons. The zero-order valence-corrected chi connectivity index (χ0v) is 12.2. The van der Waals surface area contributed by atoms with Gasteiger partial charge in [0.05, 0.1) is 11.9 Å². The predicted octanol–water partition coefficient (Wildman–Crippen LogP) is 2.61. The van der Waals surface area contributed by atoms with Crippen LogP contribution in [-0.4, -0.2) is 39.3 Å². The van der Waals surface area contributed by atoms with E-state index in [1.807, 2.05) is 6.92 Å². The minimum absolute atomic E-state index is 0.346. The fourth-order valence-electron chi connectivity index (χ4n) is 1.99. The van der Waals surface area contributed by atoms with Crippen molar-refractivity contribution in [3.05, 3.63) is 10.9 Å². The first-order valence-corrected chi connectivity index (χ1v) is 6.70. The lowest BCUT2D eigenvalue weighted by molar-refractivity contribution is 0.154. The Morgan fingerprint density at radius 2 is 2.16 bits per heavy atom. The lowest BCUT2D eigenvalue weighted by Gasteiger charge is -2.23. The molecular weight excluding hydrogens is 320 g/mol. The van der Waals surface area contributed by atoms with Gasteiger partial charge in [-0.1, -0.05) is 6.92 Å². The Morgan fingerprint density at radius 1 is 1.42 bits per heavy atom. The van der Waals surface area contributed by atoms with Crippen molar-refractivity contribution >= 4 is 32.8 Å². The fourth-order valence-corrected chi connectivity index (χ4v) is 2.58. The molecule has 0 bridgehead atoms. The van der Waals surface area contributed by atoms with Crippen molar-refractivity contribution in [2.45, 2.75) is 19.8 Å². The van der Waals surface area contributed by atoms with Gasteiger partial charge in [-0.15, -0.1) is 0 Å². The summed E-state index contributed by atoms with van der Waals surface area (Å²) in [5, 5.41) is 4.86. The van der Waals surface area contributed by atoms with E-state index in [1.54, 1.807) is 16.6 Å². The van der Waals surface area contributed by atoms with Crippen LogP contribution in [0.5, 0.6) is 0 Å². The third-order valence-corrected chi connectivity index (χ3v) is 3.26. The van der Waals surface area contributed by atoms with Gasteiger partial charge in [-0.05, 0) is 22.4 Å². The van der Waals surface area contributed by atoms with Crippen LogP contribution < -0.4 is 4.90 Å². The summed E-state index contributed by atoms with van der Waals surface area (Å²) in [6.45, 7) is 2.11. The van der Waals surface area contributed by atoms with Crippen molar-refractivity contribution in [1.82, 2.24) is 19.7 Å². The van der Waals surface area contributed by atoms with Crippen molar-refractivity contribution in [2.24, 2.45) is 7.05 Å². The summed E-state index contributed by atoms with van der Waals surface area (Å²) < 4.78 is 27.5. The molecule has 0 atom stereocenters. The summed E-state index contributed by atoms with van der Waals surface area (Å²) in [4.78, 5) is 9.85. The van der Waals surface area contributed by atoms with E-state index in [2.05, 4.69) is 31.0 Å². The molecule has 0 aliphatic heterocycles. The standard InChI is InChI=1S/C11H14BrF2N5/c1-3-4-19(5-7(13)14)11-8-9(12)17-18(2)10(8)15-6-16-11/h6-7H,3-5H2,1-2H3. The van der Waals surface area contributed by atoms with Crippen molar-refractivity contribution in [1.29, 1.82) is 0 Å².